The Labute approximate surface area is 92.8 Å². The molecule has 0 fully saturated rings. The maximum Gasteiger partial charge on any atom is 0.345 e. The second-order valence-electron chi connectivity index (χ2n) is 2.16. The van der Waals surface area contributed by atoms with Crippen LogP contribution in [-0.4, -0.2) is 29.8 Å². The normalized spacial score (nSPS) is 10.6. The van der Waals surface area contributed by atoms with Crippen molar-refractivity contribution >= 4 is 22.6 Å². The molecule has 1 aromatic heterocycles. The number of alkyl halides is 2. The fourth-order valence-electron chi connectivity index (χ4n) is 0.645. The summed E-state index contributed by atoms with van der Waals surface area (Å²) < 4.78 is 32.8. The zero-order valence-electron chi connectivity index (χ0n) is 6.99. The molecule has 0 N–H and O–H groups in total. The summed E-state index contributed by atoms with van der Waals surface area (Å²) in [7, 11) is 0. The highest BCUT2D eigenvalue weighted by molar-refractivity contribution is 14.1. The van der Waals surface area contributed by atoms with Crippen LogP contribution < -0.4 is 4.74 Å². The van der Waals surface area contributed by atoms with Crippen LogP contribution in [0.2, 0.25) is 0 Å². The molecular weight excluding hydrogens is 309 g/mol. The fraction of sp³-hybridized carbons (Fsp3) is 0.429. The van der Waals surface area contributed by atoms with Gasteiger partial charge in [-0.15, -0.1) is 0 Å². The minimum Gasteiger partial charge on any atom is -0.461 e. The SMILES string of the molecule is FC(F)OCCOc1ncc(I)cn1. The van der Waals surface area contributed by atoms with Crippen molar-refractivity contribution in [1.82, 2.24) is 9.97 Å². The summed E-state index contributed by atoms with van der Waals surface area (Å²) in [6, 6.07) is 0.156. The number of rotatable bonds is 5. The van der Waals surface area contributed by atoms with Crippen molar-refractivity contribution in [2.75, 3.05) is 13.2 Å². The highest BCUT2D eigenvalue weighted by Gasteiger charge is 2.01. The van der Waals surface area contributed by atoms with Crippen LogP contribution in [-0.2, 0) is 4.74 Å². The van der Waals surface area contributed by atoms with Crippen molar-refractivity contribution in [2.24, 2.45) is 0 Å². The molecule has 0 aromatic carbocycles. The summed E-state index contributed by atoms with van der Waals surface area (Å²) in [5, 5.41) is 0. The Bertz CT molecular complexity index is 271. The third-order valence-electron chi connectivity index (χ3n) is 1.15. The van der Waals surface area contributed by atoms with Crippen LogP contribution >= 0.6 is 22.6 Å². The van der Waals surface area contributed by atoms with Crippen molar-refractivity contribution in [3.8, 4) is 6.01 Å². The Kier molecular flexibility index (Phi) is 4.94. The quantitative estimate of drug-likeness (QED) is 0.613. The highest BCUT2D eigenvalue weighted by atomic mass is 127. The van der Waals surface area contributed by atoms with Crippen LogP contribution in [0.15, 0.2) is 12.4 Å². The standard InChI is InChI=1S/C7H7F2IN2O2/c8-6(9)13-1-2-14-7-11-3-5(10)4-12-7/h3-4,6H,1-2H2. The van der Waals surface area contributed by atoms with E-state index < -0.39 is 6.61 Å². The molecule has 0 aliphatic carbocycles. The predicted octanol–water partition coefficient (Wildman–Crippen LogP) is 1.70. The zero-order chi connectivity index (χ0) is 10.4. The smallest absolute Gasteiger partial charge is 0.345 e. The van der Waals surface area contributed by atoms with E-state index in [0.29, 0.717) is 0 Å². The van der Waals surface area contributed by atoms with Crippen LogP contribution in [0, 0.1) is 3.57 Å². The molecule has 4 nitrogen and oxygen atoms in total. The van der Waals surface area contributed by atoms with Crippen molar-refractivity contribution in [2.45, 2.75) is 6.61 Å². The zero-order valence-corrected chi connectivity index (χ0v) is 9.15. The summed E-state index contributed by atoms with van der Waals surface area (Å²) in [6.45, 7) is -2.95. The summed E-state index contributed by atoms with van der Waals surface area (Å²) in [4.78, 5) is 7.62. The van der Waals surface area contributed by atoms with E-state index in [4.69, 9.17) is 4.74 Å². The molecule has 14 heavy (non-hydrogen) atoms. The number of hydrogen-bond donors (Lipinski definition) is 0. The van der Waals surface area contributed by atoms with Gasteiger partial charge in [0.25, 0.3) is 0 Å². The van der Waals surface area contributed by atoms with E-state index in [0.717, 1.165) is 3.57 Å². The molecule has 0 radical (unpaired) electrons. The lowest BCUT2D eigenvalue weighted by molar-refractivity contribution is -0.133. The largest absolute Gasteiger partial charge is 0.461 e. The molecule has 1 heterocycles. The van der Waals surface area contributed by atoms with Gasteiger partial charge in [-0.2, -0.15) is 8.78 Å². The molecule has 78 valence electrons. The number of hydrogen-bond acceptors (Lipinski definition) is 4. The van der Waals surface area contributed by atoms with Crippen LogP contribution in [0.4, 0.5) is 8.78 Å². The minimum atomic E-state index is -2.77. The molecule has 0 saturated carbocycles. The molecule has 0 bridgehead atoms. The Morgan fingerprint density at radius 1 is 1.29 bits per heavy atom. The Hall–Kier alpha value is -0.570. The molecule has 0 atom stereocenters. The van der Waals surface area contributed by atoms with Gasteiger partial charge in [-0.1, -0.05) is 0 Å². The van der Waals surface area contributed by atoms with Gasteiger partial charge in [-0.05, 0) is 22.6 Å². The van der Waals surface area contributed by atoms with Crippen molar-refractivity contribution in [3.05, 3.63) is 16.0 Å². The molecule has 0 unspecified atom stereocenters. The van der Waals surface area contributed by atoms with Crippen molar-refractivity contribution in [1.29, 1.82) is 0 Å². The van der Waals surface area contributed by atoms with Gasteiger partial charge in [0, 0.05) is 16.0 Å². The van der Waals surface area contributed by atoms with Crippen LogP contribution in [0.3, 0.4) is 0 Å². The van der Waals surface area contributed by atoms with E-state index in [1.165, 1.54) is 0 Å². The summed E-state index contributed by atoms with van der Waals surface area (Å²) in [5.41, 5.74) is 0. The number of nitrogens with zero attached hydrogens (tertiary/aromatic N) is 2. The monoisotopic (exact) mass is 316 g/mol. The summed E-state index contributed by atoms with van der Waals surface area (Å²) in [5.74, 6) is 0. The topological polar surface area (TPSA) is 44.2 Å². The number of halogens is 3. The Balaban J connectivity index is 2.21. The van der Waals surface area contributed by atoms with Gasteiger partial charge in [-0.25, -0.2) is 9.97 Å². The second-order valence-corrected chi connectivity index (χ2v) is 3.41. The fourth-order valence-corrected chi connectivity index (χ4v) is 0.924. The molecule has 1 rings (SSSR count). The average molecular weight is 316 g/mol. The van der Waals surface area contributed by atoms with Gasteiger partial charge in [0.2, 0.25) is 0 Å². The third-order valence-corrected chi connectivity index (χ3v) is 1.71. The van der Waals surface area contributed by atoms with Gasteiger partial charge >= 0.3 is 12.6 Å². The molecule has 1 aromatic rings. The lowest BCUT2D eigenvalue weighted by Crippen LogP contribution is -2.10. The van der Waals surface area contributed by atoms with Gasteiger partial charge in [0.05, 0.1) is 6.61 Å². The highest BCUT2D eigenvalue weighted by Crippen LogP contribution is 2.04. The molecule has 0 saturated heterocycles. The van der Waals surface area contributed by atoms with Crippen molar-refractivity contribution < 1.29 is 18.3 Å². The third kappa shape index (κ3) is 4.61. The van der Waals surface area contributed by atoms with E-state index in [1.807, 2.05) is 22.6 Å². The predicted molar refractivity (Wildman–Crippen MR) is 52.2 cm³/mol. The first-order valence-electron chi connectivity index (χ1n) is 3.68. The lowest BCUT2D eigenvalue weighted by atomic mass is 10.7. The van der Waals surface area contributed by atoms with E-state index >= 15 is 0 Å². The van der Waals surface area contributed by atoms with E-state index in [-0.39, 0.29) is 19.2 Å². The first-order chi connectivity index (χ1) is 6.68. The van der Waals surface area contributed by atoms with Crippen molar-refractivity contribution in [3.63, 3.8) is 0 Å². The maximum atomic E-state index is 11.5. The minimum absolute atomic E-state index is 0.00489. The molecule has 7 heteroatoms. The maximum absolute atomic E-state index is 11.5. The van der Waals surface area contributed by atoms with E-state index in [9.17, 15) is 8.78 Å². The van der Waals surface area contributed by atoms with Crippen LogP contribution in [0.1, 0.15) is 0 Å². The first kappa shape index (κ1) is 11.5. The number of aromatic nitrogens is 2. The molecule has 0 aliphatic heterocycles. The van der Waals surface area contributed by atoms with Crippen LogP contribution in [0.25, 0.3) is 0 Å². The molecule has 0 amide bonds. The van der Waals surface area contributed by atoms with E-state index in [2.05, 4.69) is 14.7 Å². The Morgan fingerprint density at radius 3 is 2.50 bits per heavy atom. The second kappa shape index (κ2) is 6.02. The van der Waals surface area contributed by atoms with E-state index in [1.54, 1.807) is 12.4 Å². The molecular formula is C7H7F2IN2O2. The van der Waals surface area contributed by atoms with Crippen LogP contribution in [0.5, 0.6) is 6.01 Å². The number of ether oxygens (including phenoxy) is 2. The first-order valence-corrected chi connectivity index (χ1v) is 4.76. The van der Waals surface area contributed by atoms with Gasteiger partial charge in [0.15, 0.2) is 0 Å². The van der Waals surface area contributed by atoms with Gasteiger partial charge < -0.3 is 9.47 Å². The summed E-state index contributed by atoms with van der Waals surface area (Å²) in [6.07, 6.45) is 3.13. The lowest BCUT2D eigenvalue weighted by Gasteiger charge is -2.04. The van der Waals surface area contributed by atoms with Gasteiger partial charge in [0.1, 0.15) is 6.61 Å². The van der Waals surface area contributed by atoms with Gasteiger partial charge in [-0.3, -0.25) is 0 Å². The summed E-state index contributed by atoms with van der Waals surface area (Å²) >= 11 is 2.05. The Morgan fingerprint density at radius 2 is 1.93 bits per heavy atom. The average Bonchev–Trinajstić information content (AvgIpc) is 2.15. The molecule has 0 spiro atoms. The molecule has 0 aliphatic rings.